The molecule has 0 fully saturated rings. The molecule has 82 valence electrons. The predicted octanol–water partition coefficient (Wildman–Crippen LogP) is 4.34. The van der Waals surface area contributed by atoms with Crippen LogP contribution in [0, 0.1) is 17.5 Å². The maximum atomic E-state index is 12.8. The van der Waals surface area contributed by atoms with E-state index in [0.717, 1.165) is 23.0 Å². The van der Waals surface area contributed by atoms with Gasteiger partial charge in [-0.25, -0.2) is 13.2 Å². The first kappa shape index (κ1) is 12.3. The first-order valence-corrected chi connectivity index (χ1v) is 5.26. The molecule has 0 heterocycles. The van der Waals surface area contributed by atoms with E-state index in [9.17, 15) is 13.2 Å². The molecular weight excluding hydrogens is 269 g/mol. The van der Waals surface area contributed by atoms with Crippen molar-refractivity contribution in [3.8, 4) is 0 Å². The molecule has 0 amide bonds. The van der Waals surface area contributed by atoms with Crippen LogP contribution in [-0.2, 0) is 6.42 Å². The minimum Gasteiger partial charge on any atom is -0.204 e. The zero-order valence-electron chi connectivity index (χ0n) is 7.99. The van der Waals surface area contributed by atoms with E-state index in [1.54, 1.807) is 0 Å². The van der Waals surface area contributed by atoms with Crippen LogP contribution in [0.1, 0.15) is 18.4 Å². The summed E-state index contributed by atoms with van der Waals surface area (Å²) >= 11 is 3.19. The van der Waals surface area contributed by atoms with Gasteiger partial charge in [0.25, 0.3) is 0 Å². The van der Waals surface area contributed by atoms with Crippen LogP contribution in [0.3, 0.4) is 0 Å². The third-order valence-corrected chi connectivity index (χ3v) is 2.35. The van der Waals surface area contributed by atoms with Crippen LogP contribution in [0.25, 0.3) is 0 Å². The fourth-order valence-corrected chi connectivity index (χ4v) is 1.52. The van der Waals surface area contributed by atoms with Crippen molar-refractivity contribution in [2.24, 2.45) is 0 Å². The minimum absolute atomic E-state index is 0.458. The Labute approximate surface area is 94.9 Å². The van der Waals surface area contributed by atoms with Crippen LogP contribution in [0.5, 0.6) is 0 Å². The zero-order valence-corrected chi connectivity index (χ0v) is 9.58. The van der Waals surface area contributed by atoms with Gasteiger partial charge in [-0.3, -0.25) is 0 Å². The van der Waals surface area contributed by atoms with Crippen molar-refractivity contribution in [2.75, 3.05) is 0 Å². The summed E-state index contributed by atoms with van der Waals surface area (Å²) in [5.41, 5.74) is 0.458. The third-order valence-electron chi connectivity index (χ3n) is 1.96. The summed E-state index contributed by atoms with van der Waals surface area (Å²) in [5.74, 6) is -3.69. The van der Waals surface area contributed by atoms with Gasteiger partial charge in [0.15, 0.2) is 17.5 Å². The molecule has 0 atom stereocenters. The number of aryl methyl sites for hydroxylation is 1. The highest BCUT2D eigenvalue weighted by Crippen LogP contribution is 2.17. The molecule has 0 saturated heterocycles. The lowest BCUT2D eigenvalue weighted by atomic mass is 10.1. The summed E-state index contributed by atoms with van der Waals surface area (Å²) < 4.78 is 39.0. The molecule has 0 saturated carbocycles. The van der Waals surface area contributed by atoms with Crippen LogP contribution >= 0.6 is 15.9 Å². The number of hydrogen-bond acceptors (Lipinski definition) is 0. The molecule has 0 aliphatic carbocycles. The molecule has 1 aromatic rings. The highest BCUT2D eigenvalue weighted by molar-refractivity contribution is 9.11. The van der Waals surface area contributed by atoms with Gasteiger partial charge in [-0.15, -0.1) is 0 Å². The molecular formula is C11H10BrF3. The van der Waals surface area contributed by atoms with Gasteiger partial charge < -0.3 is 0 Å². The van der Waals surface area contributed by atoms with E-state index in [1.165, 1.54) is 0 Å². The second-order valence-corrected chi connectivity index (χ2v) is 4.37. The predicted molar refractivity (Wildman–Crippen MR) is 57.3 cm³/mol. The quantitative estimate of drug-likeness (QED) is 0.719. The van der Waals surface area contributed by atoms with Crippen LogP contribution in [0.2, 0.25) is 0 Å². The molecule has 15 heavy (non-hydrogen) atoms. The lowest BCUT2D eigenvalue weighted by molar-refractivity contribution is 0.445. The van der Waals surface area contributed by atoms with Crippen molar-refractivity contribution < 1.29 is 13.2 Å². The summed E-state index contributed by atoms with van der Waals surface area (Å²) in [5, 5.41) is 0. The van der Waals surface area contributed by atoms with Crippen molar-refractivity contribution in [1.82, 2.24) is 0 Å². The van der Waals surface area contributed by atoms with Gasteiger partial charge in [0.1, 0.15) is 0 Å². The van der Waals surface area contributed by atoms with Crippen molar-refractivity contribution in [3.63, 3.8) is 0 Å². The molecule has 0 spiro atoms. The number of rotatable bonds is 4. The molecule has 1 rings (SSSR count). The van der Waals surface area contributed by atoms with Gasteiger partial charge in [0, 0.05) is 0 Å². The highest BCUT2D eigenvalue weighted by atomic mass is 79.9. The number of halogens is 4. The molecule has 1 aromatic carbocycles. The lowest BCUT2D eigenvalue weighted by Crippen LogP contribution is -1.95. The Morgan fingerprint density at radius 1 is 1.20 bits per heavy atom. The smallest absolute Gasteiger partial charge is 0.194 e. The fraction of sp³-hybridized carbons (Fsp3) is 0.273. The van der Waals surface area contributed by atoms with Gasteiger partial charge in [-0.2, -0.15) is 0 Å². The van der Waals surface area contributed by atoms with Crippen molar-refractivity contribution in [2.45, 2.75) is 19.3 Å². The minimum atomic E-state index is -1.41. The van der Waals surface area contributed by atoms with Crippen LogP contribution in [0.4, 0.5) is 13.2 Å². The lowest BCUT2D eigenvalue weighted by Gasteiger charge is -2.02. The van der Waals surface area contributed by atoms with E-state index in [4.69, 9.17) is 0 Å². The van der Waals surface area contributed by atoms with E-state index >= 15 is 0 Å². The van der Waals surface area contributed by atoms with Gasteiger partial charge >= 0.3 is 0 Å². The normalized spacial score (nSPS) is 10.4. The summed E-state index contributed by atoms with van der Waals surface area (Å²) in [6.07, 6.45) is 1.94. The molecule has 0 unspecified atom stereocenters. The Hall–Kier alpha value is -0.770. The molecule has 0 nitrogen and oxygen atoms in total. The first-order valence-electron chi connectivity index (χ1n) is 4.47. The Kier molecular flexibility index (Phi) is 4.39. The zero-order chi connectivity index (χ0) is 11.4. The van der Waals surface area contributed by atoms with E-state index in [1.807, 2.05) is 0 Å². The van der Waals surface area contributed by atoms with Crippen LogP contribution in [0.15, 0.2) is 23.2 Å². The maximum absolute atomic E-state index is 12.8. The Bertz CT molecular complexity index is 351. The van der Waals surface area contributed by atoms with Gasteiger partial charge in [-0.05, 0) is 41.4 Å². The van der Waals surface area contributed by atoms with Crippen molar-refractivity contribution in [3.05, 3.63) is 46.2 Å². The summed E-state index contributed by atoms with van der Waals surface area (Å²) in [6, 6.07) is 2.05. The molecule has 0 aliphatic rings. The highest BCUT2D eigenvalue weighted by Gasteiger charge is 2.09. The summed E-state index contributed by atoms with van der Waals surface area (Å²) in [7, 11) is 0. The number of hydrogen-bond donors (Lipinski definition) is 0. The Morgan fingerprint density at radius 3 is 2.20 bits per heavy atom. The molecule has 0 aromatic heterocycles. The second kappa shape index (κ2) is 5.35. The third kappa shape index (κ3) is 3.70. The van der Waals surface area contributed by atoms with Gasteiger partial charge in [0.2, 0.25) is 0 Å². The van der Waals surface area contributed by atoms with E-state index in [2.05, 4.69) is 22.5 Å². The number of allylic oxidation sites excluding steroid dienone is 1. The van der Waals surface area contributed by atoms with Crippen LogP contribution < -0.4 is 0 Å². The summed E-state index contributed by atoms with van der Waals surface area (Å²) in [4.78, 5) is 0. The second-order valence-electron chi connectivity index (χ2n) is 3.24. The van der Waals surface area contributed by atoms with Crippen LogP contribution in [-0.4, -0.2) is 0 Å². The SMILES string of the molecule is C=C(Br)CCCc1cc(F)c(F)c(F)c1. The molecule has 0 radical (unpaired) electrons. The average Bonchev–Trinajstić information content (AvgIpc) is 2.13. The number of benzene rings is 1. The molecule has 0 aliphatic heterocycles. The van der Waals surface area contributed by atoms with Gasteiger partial charge in [0.05, 0.1) is 0 Å². The van der Waals surface area contributed by atoms with Crippen molar-refractivity contribution >= 4 is 15.9 Å². The first-order chi connectivity index (χ1) is 7.00. The average molecular weight is 279 g/mol. The van der Waals surface area contributed by atoms with E-state index in [0.29, 0.717) is 18.4 Å². The molecule has 0 bridgehead atoms. The Balaban J connectivity index is 2.66. The maximum Gasteiger partial charge on any atom is 0.194 e. The monoisotopic (exact) mass is 278 g/mol. The molecule has 0 N–H and O–H groups in total. The van der Waals surface area contributed by atoms with E-state index in [-0.39, 0.29) is 0 Å². The fourth-order valence-electron chi connectivity index (χ4n) is 1.24. The van der Waals surface area contributed by atoms with Gasteiger partial charge in [-0.1, -0.05) is 22.5 Å². The largest absolute Gasteiger partial charge is 0.204 e. The van der Waals surface area contributed by atoms with Crippen molar-refractivity contribution in [1.29, 1.82) is 0 Å². The summed E-state index contributed by atoms with van der Waals surface area (Å²) in [6.45, 7) is 3.64. The standard InChI is InChI=1S/C11H10BrF3/c1-7(12)3-2-4-8-5-9(13)11(15)10(14)6-8/h5-6H,1-4H2. The topological polar surface area (TPSA) is 0 Å². The molecule has 4 heteroatoms. The Morgan fingerprint density at radius 2 is 1.73 bits per heavy atom. The van der Waals surface area contributed by atoms with E-state index < -0.39 is 17.5 Å².